The van der Waals surface area contributed by atoms with Crippen molar-refractivity contribution in [2.24, 2.45) is 11.0 Å². The van der Waals surface area contributed by atoms with Gasteiger partial charge in [0.05, 0.1) is 18.2 Å². The van der Waals surface area contributed by atoms with Crippen LogP contribution in [-0.2, 0) is 4.79 Å². The highest BCUT2D eigenvalue weighted by Crippen LogP contribution is 2.37. The predicted octanol–water partition coefficient (Wildman–Crippen LogP) is 4.41. The average Bonchev–Trinajstić information content (AvgIpc) is 3.38. The van der Waals surface area contributed by atoms with Gasteiger partial charge in [0.2, 0.25) is 0 Å². The van der Waals surface area contributed by atoms with Crippen molar-refractivity contribution in [1.29, 1.82) is 0 Å². The fourth-order valence-electron chi connectivity index (χ4n) is 4.09. The smallest absolute Gasteiger partial charge is 0.431 e. The minimum Gasteiger partial charge on any atom is -0.490 e. The summed E-state index contributed by atoms with van der Waals surface area (Å²) < 4.78 is 46.0. The van der Waals surface area contributed by atoms with Gasteiger partial charge in [-0.05, 0) is 24.3 Å². The zero-order chi connectivity index (χ0) is 22.9. The Bertz CT molecular complexity index is 958. The van der Waals surface area contributed by atoms with Crippen LogP contribution in [0.4, 0.5) is 24.0 Å². The van der Waals surface area contributed by atoms with Gasteiger partial charge in [-0.2, -0.15) is 18.3 Å². The van der Waals surface area contributed by atoms with Crippen molar-refractivity contribution in [3.05, 3.63) is 35.8 Å². The number of rotatable bonds is 6. The van der Waals surface area contributed by atoms with Crippen LogP contribution in [0.1, 0.15) is 26.2 Å². The second-order valence-electron chi connectivity index (χ2n) is 7.89. The Morgan fingerprint density at radius 2 is 1.94 bits per heavy atom. The molecule has 172 valence electrons. The molecule has 0 aliphatic carbocycles. The van der Waals surface area contributed by atoms with Gasteiger partial charge in [0.1, 0.15) is 17.6 Å². The SMILES string of the molecule is C[C@@H]1C(C(F)(F)F)=NN(c2ccc(OC3CCN(c4nccs4)CC3)cc2)[C@H]1CC(=O)O. The van der Waals surface area contributed by atoms with Gasteiger partial charge < -0.3 is 14.7 Å². The van der Waals surface area contributed by atoms with E-state index in [0.717, 1.165) is 36.1 Å². The molecule has 0 amide bonds. The molecule has 1 aromatic carbocycles. The van der Waals surface area contributed by atoms with E-state index in [4.69, 9.17) is 9.84 Å². The lowest BCUT2D eigenvalue weighted by Gasteiger charge is -2.32. The van der Waals surface area contributed by atoms with Crippen molar-refractivity contribution < 1.29 is 27.8 Å². The summed E-state index contributed by atoms with van der Waals surface area (Å²) in [4.78, 5) is 17.8. The summed E-state index contributed by atoms with van der Waals surface area (Å²) in [5, 5.41) is 17.0. The van der Waals surface area contributed by atoms with Crippen molar-refractivity contribution >= 4 is 33.8 Å². The van der Waals surface area contributed by atoms with Crippen LogP contribution in [-0.4, -0.2) is 53.2 Å². The number of anilines is 2. The summed E-state index contributed by atoms with van der Waals surface area (Å²) in [6.45, 7) is 3.04. The van der Waals surface area contributed by atoms with Crippen LogP contribution in [0.5, 0.6) is 5.75 Å². The molecule has 1 N–H and O–H groups in total. The summed E-state index contributed by atoms with van der Waals surface area (Å²) in [7, 11) is 0. The molecule has 2 aliphatic heterocycles. The molecule has 7 nitrogen and oxygen atoms in total. The molecule has 32 heavy (non-hydrogen) atoms. The second kappa shape index (κ2) is 8.97. The van der Waals surface area contributed by atoms with Gasteiger partial charge in [-0.3, -0.25) is 9.80 Å². The predicted molar refractivity (Wildman–Crippen MR) is 116 cm³/mol. The first-order chi connectivity index (χ1) is 15.2. The second-order valence-corrected chi connectivity index (χ2v) is 8.77. The lowest BCUT2D eigenvalue weighted by Crippen LogP contribution is -2.38. The molecule has 2 atom stereocenters. The average molecular weight is 469 g/mol. The van der Waals surface area contributed by atoms with E-state index in [0.29, 0.717) is 11.4 Å². The standard InChI is InChI=1S/C21H23F3N4O3S/c1-13-17(12-18(29)30)28(26-19(13)21(22,23)24)14-2-4-15(5-3-14)31-16-6-9-27(10-7-16)20-25-8-11-32-20/h2-5,8,11,13,16-17H,6-7,9-10,12H2,1H3,(H,29,30)/t13-,17-/m0/s1. The third-order valence-electron chi connectivity index (χ3n) is 5.75. The molecule has 4 rings (SSSR count). The minimum absolute atomic E-state index is 0.0403. The molecule has 0 saturated carbocycles. The zero-order valence-electron chi connectivity index (χ0n) is 17.3. The van der Waals surface area contributed by atoms with Crippen molar-refractivity contribution in [2.75, 3.05) is 23.0 Å². The molecule has 0 radical (unpaired) electrons. The molecule has 1 aromatic heterocycles. The van der Waals surface area contributed by atoms with E-state index in [1.165, 1.54) is 6.92 Å². The van der Waals surface area contributed by atoms with Crippen LogP contribution in [0, 0.1) is 5.92 Å². The number of alkyl halides is 3. The molecule has 1 saturated heterocycles. The molecule has 1 fully saturated rings. The number of hydrogen-bond acceptors (Lipinski definition) is 7. The molecular formula is C21H23F3N4O3S. The number of hydrogen-bond donors (Lipinski definition) is 1. The highest BCUT2D eigenvalue weighted by Gasteiger charge is 2.48. The van der Waals surface area contributed by atoms with Crippen LogP contribution in [0.2, 0.25) is 0 Å². The fraction of sp³-hybridized carbons (Fsp3) is 0.476. The topological polar surface area (TPSA) is 78.3 Å². The number of carbonyl (C=O) groups is 1. The van der Waals surface area contributed by atoms with Gasteiger partial charge >= 0.3 is 12.1 Å². The number of aromatic nitrogens is 1. The maximum absolute atomic E-state index is 13.3. The first-order valence-corrected chi connectivity index (χ1v) is 11.2. The monoisotopic (exact) mass is 468 g/mol. The Morgan fingerprint density at radius 1 is 1.25 bits per heavy atom. The molecule has 0 bridgehead atoms. The van der Waals surface area contributed by atoms with Crippen LogP contribution < -0.4 is 14.6 Å². The Kier molecular flexibility index (Phi) is 6.27. The van der Waals surface area contributed by atoms with E-state index in [9.17, 15) is 18.0 Å². The van der Waals surface area contributed by atoms with E-state index in [-0.39, 0.29) is 6.10 Å². The first kappa shape index (κ1) is 22.4. The van der Waals surface area contributed by atoms with Gasteiger partial charge in [0, 0.05) is 43.4 Å². The Balaban J connectivity index is 1.42. The Hall–Kier alpha value is -2.82. The summed E-state index contributed by atoms with van der Waals surface area (Å²) in [6.07, 6.45) is -1.55. The van der Waals surface area contributed by atoms with E-state index < -0.39 is 36.2 Å². The van der Waals surface area contributed by atoms with Crippen LogP contribution >= 0.6 is 11.3 Å². The van der Waals surface area contributed by atoms with Gasteiger partial charge in [-0.1, -0.05) is 6.92 Å². The third kappa shape index (κ3) is 4.82. The highest BCUT2D eigenvalue weighted by atomic mass is 32.1. The van der Waals surface area contributed by atoms with Gasteiger partial charge in [0.25, 0.3) is 0 Å². The number of piperidine rings is 1. The number of thiazole rings is 1. The Morgan fingerprint density at radius 3 is 2.50 bits per heavy atom. The number of benzene rings is 1. The van der Waals surface area contributed by atoms with E-state index in [1.807, 2.05) is 5.38 Å². The van der Waals surface area contributed by atoms with Crippen LogP contribution in [0.25, 0.3) is 0 Å². The lowest BCUT2D eigenvalue weighted by molar-refractivity contribution is -0.137. The van der Waals surface area contributed by atoms with Crippen LogP contribution in [0.3, 0.4) is 0 Å². The summed E-state index contributed by atoms with van der Waals surface area (Å²) >= 11 is 1.61. The number of aliphatic carboxylic acids is 1. The first-order valence-electron chi connectivity index (χ1n) is 10.3. The van der Waals surface area contributed by atoms with E-state index in [2.05, 4.69) is 15.0 Å². The molecule has 2 aliphatic rings. The number of carboxylic acid groups (broad SMARTS) is 1. The summed E-state index contributed by atoms with van der Waals surface area (Å²) in [5.41, 5.74) is -0.565. The number of carboxylic acids is 1. The molecule has 0 spiro atoms. The molecular weight excluding hydrogens is 445 g/mol. The van der Waals surface area contributed by atoms with E-state index >= 15 is 0 Å². The molecule has 0 unspecified atom stereocenters. The lowest BCUT2D eigenvalue weighted by atomic mass is 9.94. The normalized spacial score (nSPS) is 22.2. The van der Waals surface area contributed by atoms with Gasteiger partial charge in [0.15, 0.2) is 5.13 Å². The number of halogens is 3. The number of hydrazone groups is 1. The number of nitrogens with zero attached hydrogens (tertiary/aromatic N) is 4. The van der Waals surface area contributed by atoms with Gasteiger partial charge in [-0.15, -0.1) is 11.3 Å². The number of ether oxygens (including phenoxy) is 1. The fourth-order valence-corrected chi connectivity index (χ4v) is 4.79. The van der Waals surface area contributed by atoms with Crippen LogP contribution in [0.15, 0.2) is 40.9 Å². The summed E-state index contributed by atoms with van der Waals surface area (Å²) in [5.74, 6) is -1.61. The van der Waals surface area contributed by atoms with Crippen molar-refractivity contribution in [1.82, 2.24) is 4.98 Å². The van der Waals surface area contributed by atoms with Gasteiger partial charge in [-0.25, -0.2) is 4.98 Å². The maximum atomic E-state index is 13.3. The minimum atomic E-state index is -4.61. The molecule has 3 heterocycles. The Labute approximate surface area is 187 Å². The zero-order valence-corrected chi connectivity index (χ0v) is 18.1. The summed E-state index contributed by atoms with van der Waals surface area (Å²) in [6, 6.07) is 5.69. The maximum Gasteiger partial charge on any atom is 0.431 e. The van der Waals surface area contributed by atoms with Crippen molar-refractivity contribution in [3.8, 4) is 5.75 Å². The quantitative estimate of drug-likeness (QED) is 0.677. The molecule has 11 heteroatoms. The van der Waals surface area contributed by atoms with E-state index in [1.54, 1.807) is 41.8 Å². The third-order valence-corrected chi connectivity index (χ3v) is 6.58. The van der Waals surface area contributed by atoms with Crippen molar-refractivity contribution in [2.45, 2.75) is 44.5 Å². The largest absolute Gasteiger partial charge is 0.490 e. The molecule has 2 aromatic rings. The highest BCUT2D eigenvalue weighted by molar-refractivity contribution is 7.13. The van der Waals surface area contributed by atoms with Crippen molar-refractivity contribution in [3.63, 3.8) is 0 Å².